The molecule has 3 aromatic carbocycles. The topological polar surface area (TPSA) is 89.7 Å². The number of carbonyl (C=O) groups excluding carboxylic acids is 1. The van der Waals surface area contributed by atoms with Gasteiger partial charge in [0.1, 0.15) is 18.1 Å². The average molecular weight is 517 g/mol. The van der Waals surface area contributed by atoms with Crippen molar-refractivity contribution in [2.45, 2.75) is 13.0 Å². The maximum atomic E-state index is 12.3. The second-order valence-corrected chi connectivity index (χ2v) is 9.23. The Morgan fingerprint density at radius 3 is 2.54 bits per heavy atom. The van der Waals surface area contributed by atoms with Gasteiger partial charge in [-0.15, -0.1) is 11.3 Å². The lowest BCUT2D eigenvalue weighted by Gasteiger charge is -2.22. The summed E-state index contributed by atoms with van der Waals surface area (Å²) >= 11 is 1.59. The fraction of sp³-hybridized carbons (Fsp3) is 0.241. The van der Waals surface area contributed by atoms with Crippen molar-refractivity contribution in [3.63, 3.8) is 0 Å². The Labute approximate surface area is 221 Å². The first kappa shape index (κ1) is 26.2. The van der Waals surface area contributed by atoms with E-state index in [-0.39, 0.29) is 5.91 Å². The maximum absolute atomic E-state index is 12.3. The molecule has 0 spiro atoms. The van der Waals surface area contributed by atoms with Gasteiger partial charge in [0.15, 0.2) is 5.13 Å². The van der Waals surface area contributed by atoms with Gasteiger partial charge in [0.2, 0.25) is 0 Å². The van der Waals surface area contributed by atoms with Gasteiger partial charge in [-0.1, -0.05) is 42.5 Å². The van der Waals surface area contributed by atoms with E-state index in [0.717, 1.165) is 39.9 Å². The molecular weight excluding hydrogens is 484 g/mol. The number of hydrogen-bond acceptors (Lipinski definition) is 7. The number of amides is 1. The van der Waals surface area contributed by atoms with Crippen LogP contribution < -0.4 is 25.4 Å². The first-order valence-electron chi connectivity index (χ1n) is 12.3. The van der Waals surface area contributed by atoms with Gasteiger partial charge in [0.05, 0.1) is 19.3 Å². The summed E-state index contributed by atoms with van der Waals surface area (Å²) in [5.41, 5.74) is 9.04. The van der Waals surface area contributed by atoms with Gasteiger partial charge in [-0.05, 0) is 54.9 Å². The summed E-state index contributed by atoms with van der Waals surface area (Å²) < 4.78 is 11.5. The van der Waals surface area contributed by atoms with Crippen molar-refractivity contribution in [3.05, 3.63) is 95.4 Å². The van der Waals surface area contributed by atoms with Crippen LogP contribution in [0, 0.1) is 0 Å². The predicted molar refractivity (Wildman–Crippen MR) is 150 cm³/mol. The van der Waals surface area contributed by atoms with Crippen LogP contribution in [0.3, 0.4) is 0 Å². The first-order chi connectivity index (χ1) is 18.2. The molecule has 0 bridgehead atoms. The minimum absolute atomic E-state index is 0.0884. The van der Waals surface area contributed by atoms with E-state index in [9.17, 15) is 4.79 Å². The average Bonchev–Trinajstić information content (AvgIpc) is 3.43. The third kappa shape index (κ3) is 7.31. The van der Waals surface area contributed by atoms with Crippen molar-refractivity contribution in [3.8, 4) is 22.8 Å². The van der Waals surface area contributed by atoms with Crippen LogP contribution in [0.4, 0.5) is 5.13 Å². The molecule has 0 aliphatic heterocycles. The van der Waals surface area contributed by atoms with Crippen molar-refractivity contribution in [2.75, 3.05) is 38.3 Å². The van der Waals surface area contributed by atoms with E-state index in [0.29, 0.717) is 38.3 Å². The molecule has 3 N–H and O–H groups in total. The number of hydrogen-bond donors (Lipinski definition) is 2. The molecule has 0 atom stereocenters. The van der Waals surface area contributed by atoms with Crippen molar-refractivity contribution >= 4 is 22.4 Å². The van der Waals surface area contributed by atoms with Crippen LogP contribution in [-0.2, 0) is 6.54 Å². The number of nitrogens with one attached hydrogen (secondary N) is 1. The summed E-state index contributed by atoms with van der Waals surface area (Å²) in [6, 6.07) is 25.3. The van der Waals surface area contributed by atoms with Crippen LogP contribution in [0.25, 0.3) is 11.3 Å². The van der Waals surface area contributed by atoms with Gasteiger partial charge in [-0.25, -0.2) is 4.98 Å². The maximum Gasteiger partial charge on any atom is 0.251 e. The smallest absolute Gasteiger partial charge is 0.251 e. The zero-order chi connectivity index (χ0) is 25.9. The molecule has 192 valence electrons. The number of ether oxygens (including phenoxy) is 2. The number of para-hydroxylation sites is 2. The summed E-state index contributed by atoms with van der Waals surface area (Å²) in [6.07, 6.45) is 0.758. The largest absolute Gasteiger partial charge is 0.496 e. The Morgan fingerprint density at radius 1 is 1.03 bits per heavy atom. The highest BCUT2D eigenvalue weighted by molar-refractivity contribution is 7.14. The monoisotopic (exact) mass is 516 g/mol. The van der Waals surface area contributed by atoms with Crippen LogP contribution in [0.15, 0.2) is 84.2 Å². The molecule has 8 heteroatoms. The van der Waals surface area contributed by atoms with Crippen molar-refractivity contribution in [2.24, 2.45) is 5.73 Å². The quantitative estimate of drug-likeness (QED) is 0.244. The molecule has 1 amide bonds. The molecule has 0 saturated carbocycles. The molecular formula is C29H32N4O3S. The Balaban J connectivity index is 1.50. The van der Waals surface area contributed by atoms with E-state index >= 15 is 0 Å². The lowest BCUT2D eigenvalue weighted by Crippen LogP contribution is -2.28. The summed E-state index contributed by atoms with van der Waals surface area (Å²) in [5, 5.41) is 5.83. The number of nitrogens with two attached hydrogens (primary N) is 1. The first-order valence-corrected chi connectivity index (χ1v) is 13.1. The second kappa shape index (κ2) is 13.4. The molecule has 0 aliphatic rings. The fourth-order valence-electron chi connectivity index (χ4n) is 3.81. The van der Waals surface area contributed by atoms with Gasteiger partial charge in [-0.2, -0.15) is 0 Å². The Hall–Kier alpha value is -3.88. The molecule has 4 aromatic rings. The number of rotatable bonds is 13. The van der Waals surface area contributed by atoms with Crippen molar-refractivity contribution in [1.82, 2.24) is 10.3 Å². The van der Waals surface area contributed by atoms with E-state index < -0.39 is 0 Å². The minimum atomic E-state index is -0.0884. The van der Waals surface area contributed by atoms with E-state index in [2.05, 4.69) is 10.2 Å². The predicted octanol–water partition coefficient (Wildman–Crippen LogP) is 4.98. The van der Waals surface area contributed by atoms with Crippen LogP contribution in [-0.4, -0.2) is 44.2 Å². The minimum Gasteiger partial charge on any atom is -0.496 e. The van der Waals surface area contributed by atoms with E-state index in [4.69, 9.17) is 20.2 Å². The molecule has 1 heterocycles. The molecule has 0 aliphatic carbocycles. The number of nitrogens with zero attached hydrogens (tertiary/aromatic N) is 2. The molecule has 0 radical (unpaired) electrons. The zero-order valence-corrected chi connectivity index (χ0v) is 21.7. The molecule has 0 saturated heterocycles. The van der Waals surface area contributed by atoms with E-state index in [1.54, 1.807) is 18.4 Å². The standard InChI is InChI=1S/C29H32N4O3S/c1-35-27-11-6-5-10-25(27)26-21-37-29(32-26)33(18-19-36-24-8-3-2-4-9-24)20-22-12-14-23(15-13-22)28(34)31-17-7-16-30/h2-6,8-15,21H,7,16-20,30H2,1H3,(H,31,34). The summed E-state index contributed by atoms with van der Waals surface area (Å²) in [4.78, 5) is 19.5. The number of thiazole rings is 1. The van der Waals surface area contributed by atoms with Crippen molar-refractivity contribution < 1.29 is 14.3 Å². The highest BCUT2D eigenvalue weighted by atomic mass is 32.1. The molecule has 0 fully saturated rings. The van der Waals surface area contributed by atoms with Crippen LogP contribution in [0.5, 0.6) is 11.5 Å². The zero-order valence-electron chi connectivity index (χ0n) is 20.9. The number of anilines is 1. The second-order valence-electron chi connectivity index (χ2n) is 8.39. The van der Waals surface area contributed by atoms with Gasteiger partial charge < -0.3 is 25.4 Å². The molecule has 37 heavy (non-hydrogen) atoms. The summed E-state index contributed by atoms with van der Waals surface area (Å²) in [7, 11) is 1.67. The van der Waals surface area contributed by atoms with Gasteiger partial charge in [-0.3, -0.25) is 4.79 Å². The molecule has 7 nitrogen and oxygen atoms in total. The number of carbonyl (C=O) groups is 1. The SMILES string of the molecule is COc1ccccc1-c1csc(N(CCOc2ccccc2)Cc2ccc(C(=O)NCCCN)cc2)n1. The highest BCUT2D eigenvalue weighted by Gasteiger charge is 2.16. The van der Waals surface area contributed by atoms with Gasteiger partial charge in [0.25, 0.3) is 5.91 Å². The van der Waals surface area contributed by atoms with Crippen LogP contribution in [0.2, 0.25) is 0 Å². The molecule has 1 aromatic heterocycles. The van der Waals surface area contributed by atoms with Gasteiger partial charge in [0, 0.05) is 29.6 Å². The number of methoxy groups -OCH3 is 1. The summed E-state index contributed by atoms with van der Waals surface area (Å²) in [5.74, 6) is 1.54. The molecule has 4 rings (SSSR count). The fourth-order valence-corrected chi connectivity index (χ4v) is 4.66. The summed E-state index contributed by atoms with van der Waals surface area (Å²) in [6.45, 7) is 2.92. The number of aromatic nitrogens is 1. The van der Waals surface area contributed by atoms with Crippen LogP contribution in [0.1, 0.15) is 22.3 Å². The van der Waals surface area contributed by atoms with E-state index in [1.807, 2.05) is 84.2 Å². The van der Waals surface area contributed by atoms with Gasteiger partial charge >= 0.3 is 0 Å². The van der Waals surface area contributed by atoms with Crippen molar-refractivity contribution in [1.29, 1.82) is 0 Å². The normalized spacial score (nSPS) is 10.6. The Kier molecular flexibility index (Phi) is 9.51. The Bertz CT molecular complexity index is 1260. The Morgan fingerprint density at radius 2 is 1.78 bits per heavy atom. The van der Waals surface area contributed by atoms with E-state index in [1.165, 1.54) is 0 Å². The third-order valence-corrected chi connectivity index (χ3v) is 6.68. The van der Waals surface area contributed by atoms with Crippen LogP contribution >= 0.6 is 11.3 Å². The number of benzene rings is 3. The lowest BCUT2D eigenvalue weighted by atomic mass is 10.1. The highest BCUT2D eigenvalue weighted by Crippen LogP contribution is 2.33. The third-order valence-electron chi connectivity index (χ3n) is 5.77. The lowest BCUT2D eigenvalue weighted by molar-refractivity contribution is 0.0953. The molecule has 0 unspecified atom stereocenters.